The number of carbonyl (C=O) groups excluding carboxylic acids is 1. The van der Waals surface area contributed by atoms with E-state index in [2.05, 4.69) is 15.0 Å². The Morgan fingerprint density at radius 1 is 1.29 bits per heavy atom. The van der Waals surface area contributed by atoms with Crippen LogP contribution in [0.25, 0.3) is 0 Å². The van der Waals surface area contributed by atoms with Crippen molar-refractivity contribution in [2.24, 2.45) is 0 Å². The van der Waals surface area contributed by atoms with Gasteiger partial charge in [0.05, 0.1) is 20.3 Å². The molecule has 0 spiro atoms. The van der Waals surface area contributed by atoms with E-state index in [1.807, 2.05) is 12.1 Å². The summed E-state index contributed by atoms with van der Waals surface area (Å²) in [6, 6.07) is 6.28. The average molecular weight is 393 g/mol. The summed E-state index contributed by atoms with van der Waals surface area (Å²) in [4.78, 5) is 19.1. The SMILES string of the molecule is COc1cc(C(=O)N2CCNCC2c2cccnc2)cc(OC)c1OC(F)F. The van der Waals surface area contributed by atoms with Gasteiger partial charge in [-0.1, -0.05) is 6.07 Å². The standard InChI is InChI=1S/C19H21F2N3O4/c1-26-15-8-13(9-16(27-2)17(15)28-19(20)21)18(25)24-7-6-23-11-14(24)12-4-3-5-22-10-12/h3-5,8-10,14,19,23H,6-7,11H2,1-2H3. The first kappa shape index (κ1) is 19.8. The number of ether oxygens (including phenoxy) is 3. The van der Waals surface area contributed by atoms with Gasteiger partial charge in [-0.15, -0.1) is 0 Å². The topological polar surface area (TPSA) is 72.9 Å². The number of nitrogens with one attached hydrogen (secondary N) is 1. The molecule has 7 nitrogen and oxygen atoms in total. The lowest BCUT2D eigenvalue weighted by molar-refractivity contribution is -0.0526. The fourth-order valence-corrected chi connectivity index (χ4v) is 3.19. The molecule has 1 atom stereocenters. The van der Waals surface area contributed by atoms with Gasteiger partial charge in [0.25, 0.3) is 5.91 Å². The molecule has 1 aliphatic heterocycles. The molecule has 1 aliphatic rings. The Labute approximate surface area is 161 Å². The highest BCUT2D eigenvalue weighted by atomic mass is 19.3. The minimum Gasteiger partial charge on any atom is -0.493 e. The number of halogens is 2. The number of amides is 1. The Balaban J connectivity index is 1.96. The van der Waals surface area contributed by atoms with E-state index < -0.39 is 6.61 Å². The van der Waals surface area contributed by atoms with Crippen molar-refractivity contribution in [1.29, 1.82) is 0 Å². The van der Waals surface area contributed by atoms with Gasteiger partial charge in [-0.3, -0.25) is 9.78 Å². The molecule has 1 aromatic carbocycles. The summed E-state index contributed by atoms with van der Waals surface area (Å²) in [5.41, 5.74) is 1.16. The van der Waals surface area contributed by atoms with Gasteiger partial charge in [0.2, 0.25) is 5.75 Å². The number of carbonyl (C=O) groups is 1. The van der Waals surface area contributed by atoms with Crippen LogP contribution in [0.3, 0.4) is 0 Å². The summed E-state index contributed by atoms with van der Waals surface area (Å²) in [6.45, 7) is -1.34. The molecule has 1 unspecified atom stereocenters. The number of hydrogen-bond donors (Lipinski definition) is 1. The van der Waals surface area contributed by atoms with Crippen molar-refractivity contribution in [3.63, 3.8) is 0 Å². The Bertz CT molecular complexity index is 795. The number of piperazine rings is 1. The highest BCUT2D eigenvalue weighted by molar-refractivity contribution is 5.96. The summed E-state index contributed by atoms with van der Waals surface area (Å²) in [5, 5.41) is 3.27. The van der Waals surface area contributed by atoms with Crippen molar-refractivity contribution in [2.45, 2.75) is 12.7 Å². The Morgan fingerprint density at radius 2 is 2.00 bits per heavy atom. The maximum Gasteiger partial charge on any atom is 0.387 e. The lowest BCUT2D eigenvalue weighted by Gasteiger charge is -2.36. The molecule has 28 heavy (non-hydrogen) atoms. The van der Waals surface area contributed by atoms with Gasteiger partial charge in [-0.25, -0.2) is 0 Å². The number of nitrogens with zero attached hydrogens (tertiary/aromatic N) is 2. The quantitative estimate of drug-likeness (QED) is 0.813. The van der Waals surface area contributed by atoms with Crippen LogP contribution in [0.5, 0.6) is 17.2 Å². The monoisotopic (exact) mass is 393 g/mol. The third kappa shape index (κ3) is 4.14. The normalized spacial score (nSPS) is 16.8. The fourth-order valence-electron chi connectivity index (χ4n) is 3.19. The second-order valence-corrected chi connectivity index (χ2v) is 6.09. The van der Waals surface area contributed by atoms with Crippen molar-refractivity contribution in [3.8, 4) is 17.2 Å². The molecule has 1 saturated heterocycles. The molecule has 1 N–H and O–H groups in total. The van der Waals surface area contributed by atoms with Crippen molar-refractivity contribution >= 4 is 5.91 Å². The first-order chi connectivity index (χ1) is 13.5. The number of pyridine rings is 1. The highest BCUT2D eigenvalue weighted by Crippen LogP contribution is 2.40. The van der Waals surface area contributed by atoms with Crippen molar-refractivity contribution < 1.29 is 27.8 Å². The fraction of sp³-hybridized carbons (Fsp3) is 0.368. The highest BCUT2D eigenvalue weighted by Gasteiger charge is 2.30. The minimum atomic E-state index is -3.05. The molecular formula is C19H21F2N3O4. The van der Waals surface area contributed by atoms with Gasteiger partial charge in [0.15, 0.2) is 11.5 Å². The lowest BCUT2D eigenvalue weighted by atomic mass is 10.0. The number of alkyl halides is 2. The van der Waals surface area contributed by atoms with E-state index in [0.29, 0.717) is 19.6 Å². The van der Waals surface area contributed by atoms with E-state index in [1.165, 1.54) is 26.4 Å². The average Bonchev–Trinajstić information content (AvgIpc) is 2.73. The predicted octanol–water partition coefficient (Wildman–Crippen LogP) is 2.49. The molecular weight excluding hydrogens is 372 g/mol. The van der Waals surface area contributed by atoms with Crippen LogP contribution in [0.1, 0.15) is 22.0 Å². The van der Waals surface area contributed by atoms with E-state index in [1.54, 1.807) is 17.3 Å². The van der Waals surface area contributed by atoms with E-state index in [9.17, 15) is 13.6 Å². The van der Waals surface area contributed by atoms with E-state index in [-0.39, 0.29) is 34.8 Å². The zero-order valence-electron chi connectivity index (χ0n) is 15.5. The first-order valence-electron chi connectivity index (χ1n) is 8.67. The Hall–Kier alpha value is -2.94. The van der Waals surface area contributed by atoms with E-state index >= 15 is 0 Å². The molecule has 2 aromatic rings. The molecule has 1 aromatic heterocycles. The van der Waals surface area contributed by atoms with E-state index in [4.69, 9.17) is 9.47 Å². The largest absolute Gasteiger partial charge is 0.493 e. The van der Waals surface area contributed by atoms with Gasteiger partial charge in [0.1, 0.15) is 0 Å². The minimum absolute atomic E-state index is 0.00365. The van der Waals surface area contributed by atoms with Gasteiger partial charge in [-0.2, -0.15) is 8.78 Å². The first-order valence-corrected chi connectivity index (χ1v) is 8.67. The molecule has 0 radical (unpaired) electrons. The molecule has 0 bridgehead atoms. The summed E-state index contributed by atoms with van der Waals surface area (Å²) < 4.78 is 40.2. The maximum absolute atomic E-state index is 13.2. The van der Waals surface area contributed by atoms with Gasteiger partial charge in [-0.05, 0) is 23.8 Å². The van der Waals surface area contributed by atoms with Gasteiger partial charge < -0.3 is 24.4 Å². The second kappa shape index (κ2) is 8.83. The molecule has 0 saturated carbocycles. The van der Waals surface area contributed by atoms with Crippen molar-refractivity contribution in [1.82, 2.24) is 15.2 Å². The van der Waals surface area contributed by atoms with Crippen LogP contribution < -0.4 is 19.5 Å². The molecule has 9 heteroatoms. The Morgan fingerprint density at radius 3 is 2.57 bits per heavy atom. The molecule has 2 heterocycles. The summed E-state index contributed by atoms with van der Waals surface area (Å²) in [7, 11) is 2.62. The van der Waals surface area contributed by atoms with E-state index in [0.717, 1.165) is 5.56 Å². The van der Waals surface area contributed by atoms with Crippen LogP contribution in [-0.2, 0) is 0 Å². The molecule has 1 fully saturated rings. The van der Waals surface area contributed by atoms with Crippen LogP contribution in [0.4, 0.5) is 8.78 Å². The smallest absolute Gasteiger partial charge is 0.387 e. The number of methoxy groups -OCH3 is 2. The van der Waals surface area contributed by atoms with Crippen LogP contribution in [0.2, 0.25) is 0 Å². The zero-order valence-corrected chi connectivity index (χ0v) is 15.5. The molecule has 3 rings (SSSR count). The van der Waals surface area contributed by atoms with Crippen molar-refractivity contribution in [2.75, 3.05) is 33.9 Å². The summed E-state index contributed by atoms with van der Waals surface area (Å²) in [5.74, 6) is -0.525. The van der Waals surface area contributed by atoms with Crippen LogP contribution in [0.15, 0.2) is 36.7 Å². The third-order valence-electron chi connectivity index (χ3n) is 4.49. The lowest BCUT2D eigenvalue weighted by Crippen LogP contribution is -2.48. The van der Waals surface area contributed by atoms with Gasteiger partial charge >= 0.3 is 6.61 Å². The van der Waals surface area contributed by atoms with Crippen LogP contribution in [-0.4, -0.2) is 56.3 Å². The molecule has 1 amide bonds. The third-order valence-corrected chi connectivity index (χ3v) is 4.49. The molecule has 150 valence electrons. The zero-order chi connectivity index (χ0) is 20.1. The number of rotatable bonds is 6. The van der Waals surface area contributed by atoms with Crippen molar-refractivity contribution in [3.05, 3.63) is 47.8 Å². The number of benzene rings is 1. The second-order valence-electron chi connectivity index (χ2n) is 6.09. The van der Waals surface area contributed by atoms with Gasteiger partial charge in [0, 0.05) is 37.6 Å². The number of hydrogen-bond acceptors (Lipinski definition) is 6. The van der Waals surface area contributed by atoms with Crippen LogP contribution in [0, 0.1) is 0 Å². The Kier molecular flexibility index (Phi) is 6.25. The number of aromatic nitrogens is 1. The maximum atomic E-state index is 13.2. The molecule has 0 aliphatic carbocycles. The van der Waals surface area contributed by atoms with Crippen LogP contribution >= 0.6 is 0 Å². The summed E-state index contributed by atoms with van der Waals surface area (Å²) in [6.07, 6.45) is 3.39. The summed E-state index contributed by atoms with van der Waals surface area (Å²) >= 11 is 0. The predicted molar refractivity (Wildman–Crippen MR) is 97.1 cm³/mol.